The van der Waals surface area contributed by atoms with E-state index in [4.69, 9.17) is 16.3 Å². The molecule has 4 nitrogen and oxygen atoms in total. The van der Waals surface area contributed by atoms with Crippen molar-refractivity contribution in [3.05, 3.63) is 83.5 Å². The second kappa shape index (κ2) is 11.9. The summed E-state index contributed by atoms with van der Waals surface area (Å²) < 4.78 is 50.3. The van der Waals surface area contributed by atoms with Gasteiger partial charge in [0.2, 0.25) is 0 Å². The second-order valence-corrected chi connectivity index (χ2v) is 10.5. The van der Waals surface area contributed by atoms with Crippen molar-refractivity contribution in [2.45, 2.75) is 58.2 Å². The number of rotatable bonds is 9. The first-order valence-electron chi connectivity index (χ1n) is 13.4. The number of benzene rings is 3. The number of aromatic nitrogens is 1. The number of aryl methyl sites for hydroxylation is 1. The van der Waals surface area contributed by atoms with E-state index < -0.39 is 6.36 Å². The van der Waals surface area contributed by atoms with Gasteiger partial charge in [0.05, 0.1) is 0 Å². The van der Waals surface area contributed by atoms with Crippen LogP contribution in [0.25, 0.3) is 22.0 Å². The van der Waals surface area contributed by atoms with Crippen LogP contribution in [0.15, 0.2) is 72.9 Å². The summed E-state index contributed by atoms with van der Waals surface area (Å²) in [5.41, 5.74) is 4.21. The van der Waals surface area contributed by atoms with Crippen LogP contribution in [0, 0.1) is 0 Å². The number of nitrogens with zero attached hydrogens (tertiary/aromatic N) is 2. The number of unbranched alkanes of at least 4 members (excludes halogenated alkanes) is 1. The van der Waals surface area contributed by atoms with Crippen LogP contribution in [0.4, 0.5) is 13.2 Å². The quantitative estimate of drug-likeness (QED) is 0.206. The first kappa shape index (κ1) is 27.4. The molecular weight excluding hydrogens is 525 g/mol. The van der Waals surface area contributed by atoms with Crippen LogP contribution in [0.3, 0.4) is 0 Å². The molecule has 1 aliphatic heterocycles. The molecule has 0 atom stereocenters. The lowest BCUT2D eigenvalue weighted by molar-refractivity contribution is -0.274. The monoisotopic (exact) mass is 556 g/mol. The minimum atomic E-state index is -4.71. The lowest BCUT2D eigenvalue weighted by atomic mass is 10.0. The van der Waals surface area contributed by atoms with Crippen molar-refractivity contribution in [3.8, 4) is 22.6 Å². The van der Waals surface area contributed by atoms with Crippen LogP contribution in [0.2, 0.25) is 5.02 Å². The maximum atomic E-state index is 12.6. The van der Waals surface area contributed by atoms with E-state index in [0.29, 0.717) is 5.02 Å². The summed E-state index contributed by atoms with van der Waals surface area (Å²) in [6.45, 7) is 5.76. The zero-order valence-electron chi connectivity index (χ0n) is 21.9. The van der Waals surface area contributed by atoms with Crippen molar-refractivity contribution >= 4 is 22.5 Å². The fourth-order valence-corrected chi connectivity index (χ4v) is 5.38. The van der Waals surface area contributed by atoms with E-state index in [9.17, 15) is 13.2 Å². The van der Waals surface area contributed by atoms with Gasteiger partial charge in [-0.05, 0) is 72.9 Å². The molecule has 2 heterocycles. The molecule has 39 heavy (non-hydrogen) atoms. The molecule has 1 saturated heterocycles. The number of alkyl halides is 3. The molecule has 0 aliphatic carbocycles. The van der Waals surface area contributed by atoms with Crippen LogP contribution in [0.1, 0.15) is 38.2 Å². The van der Waals surface area contributed by atoms with Gasteiger partial charge in [-0.15, -0.1) is 13.2 Å². The molecule has 1 aliphatic rings. The highest BCUT2D eigenvalue weighted by molar-refractivity contribution is 6.30. The Morgan fingerprint density at radius 3 is 2.41 bits per heavy atom. The molecule has 0 amide bonds. The van der Waals surface area contributed by atoms with Gasteiger partial charge < -0.3 is 14.0 Å². The van der Waals surface area contributed by atoms with Crippen LogP contribution in [-0.4, -0.2) is 35.0 Å². The summed E-state index contributed by atoms with van der Waals surface area (Å²) in [4.78, 5) is 2.44. The maximum absolute atomic E-state index is 12.6. The number of hydrogen-bond acceptors (Lipinski definition) is 3. The molecule has 206 valence electrons. The molecule has 1 aromatic heterocycles. The zero-order chi connectivity index (χ0) is 27.4. The topological polar surface area (TPSA) is 26.6 Å². The van der Waals surface area contributed by atoms with Crippen molar-refractivity contribution in [1.82, 2.24) is 9.47 Å². The average molecular weight is 557 g/mol. The molecule has 0 spiro atoms. The molecule has 0 unspecified atom stereocenters. The normalized spacial score (nSPS) is 15.1. The number of ether oxygens (including phenoxy) is 2. The molecule has 0 saturated carbocycles. The molecule has 4 aromatic rings. The number of piperidine rings is 1. The van der Waals surface area contributed by atoms with E-state index in [1.165, 1.54) is 17.7 Å². The molecular formula is C31H32ClF3N2O2. The van der Waals surface area contributed by atoms with Gasteiger partial charge in [0, 0.05) is 53.9 Å². The summed E-state index contributed by atoms with van der Waals surface area (Å²) in [5.74, 6) is 0.592. The summed E-state index contributed by atoms with van der Waals surface area (Å²) in [5, 5.41) is 1.78. The van der Waals surface area contributed by atoms with E-state index >= 15 is 0 Å². The summed E-state index contributed by atoms with van der Waals surface area (Å²) in [7, 11) is 0. The number of fused-ring (bicyclic) bond motifs is 1. The first-order chi connectivity index (χ1) is 18.8. The number of halogens is 4. The minimum absolute atomic E-state index is 0.172. The third-order valence-corrected chi connectivity index (χ3v) is 7.37. The second-order valence-electron chi connectivity index (χ2n) is 10.1. The van der Waals surface area contributed by atoms with Crippen molar-refractivity contribution in [1.29, 1.82) is 0 Å². The number of hydrogen-bond donors (Lipinski definition) is 0. The van der Waals surface area contributed by atoms with Crippen LogP contribution in [0.5, 0.6) is 11.5 Å². The molecule has 3 aromatic carbocycles. The van der Waals surface area contributed by atoms with Gasteiger partial charge >= 0.3 is 6.36 Å². The van der Waals surface area contributed by atoms with E-state index in [1.807, 2.05) is 24.3 Å². The van der Waals surface area contributed by atoms with E-state index in [-0.39, 0.29) is 11.9 Å². The zero-order valence-corrected chi connectivity index (χ0v) is 22.6. The summed E-state index contributed by atoms with van der Waals surface area (Å²) in [6.07, 6.45) is 1.60. The summed E-state index contributed by atoms with van der Waals surface area (Å²) in [6, 6.07) is 20.2. The maximum Gasteiger partial charge on any atom is 0.573 e. The van der Waals surface area contributed by atoms with E-state index in [0.717, 1.165) is 79.6 Å². The Morgan fingerprint density at radius 2 is 1.72 bits per heavy atom. The van der Waals surface area contributed by atoms with Crippen molar-refractivity contribution in [3.63, 3.8) is 0 Å². The van der Waals surface area contributed by atoms with Gasteiger partial charge in [-0.1, -0.05) is 49.2 Å². The predicted octanol–water partition coefficient (Wildman–Crippen LogP) is 8.70. The van der Waals surface area contributed by atoms with Gasteiger partial charge in [-0.2, -0.15) is 0 Å². The smallest absolute Gasteiger partial charge is 0.490 e. The van der Waals surface area contributed by atoms with E-state index in [2.05, 4.69) is 45.5 Å². The predicted molar refractivity (Wildman–Crippen MR) is 149 cm³/mol. The van der Waals surface area contributed by atoms with E-state index in [1.54, 1.807) is 12.1 Å². The Bertz CT molecular complexity index is 1390. The van der Waals surface area contributed by atoms with Crippen LogP contribution >= 0.6 is 11.6 Å². The van der Waals surface area contributed by atoms with Gasteiger partial charge in [0.15, 0.2) is 0 Å². The highest BCUT2D eigenvalue weighted by atomic mass is 35.5. The largest absolute Gasteiger partial charge is 0.573 e. The Morgan fingerprint density at radius 1 is 0.949 bits per heavy atom. The highest BCUT2D eigenvalue weighted by Gasteiger charge is 2.31. The fraction of sp³-hybridized carbons (Fsp3) is 0.355. The molecule has 8 heteroatoms. The lowest BCUT2D eigenvalue weighted by Gasteiger charge is -2.32. The average Bonchev–Trinajstić information content (AvgIpc) is 3.26. The molecule has 0 radical (unpaired) electrons. The Balaban J connectivity index is 1.31. The van der Waals surface area contributed by atoms with Gasteiger partial charge in [-0.3, -0.25) is 4.90 Å². The summed E-state index contributed by atoms with van der Waals surface area (Å²) >= 11 is 6.09. The standard InChI is InChI=1S/C31H32ClF3N2O2/c1-2-3-15-37-21-29(23-8-10-26(11-9-23)39-31(33,34)35)28-18-22(7-12-30(28)37)20-36-16-13-25(14-17-36)38-27-6-4-5-24(32)19-27/h4-12,18-19,21,25H,2-3,13-17,20H2,1H3. The highest BCUT2D eigenvalue weighted by Crippen LogP contribution is 2.34. The third kappa shape index (κ3) is 7.08. The lowest BCUT2D eigenvalue weighted by Crippen LogP contribution is -2.37. The van der Waals surface area contributed by atoms with Gasteiger partial charge in [0.1, 0.15) is 17.6 Å². The van der Waals surface area contributed by atoms with Gasteiger partial charge in [0.25, 0.3) is 0 Å². The Hall–Kier alpha value is -3.16. The Kier molecular flexibility index (Phi) is 8.38. The molecule has 1 fully saturated rings. The number of likely N-dealkylation sites (tertiary alicyclic amines) is 1. The van der Waals surface area contributed by atoms with Crippen LogP contribution in [-0.2, 0) is 13.1 Å². The van der Waals surface area contributed by atoms with Crippen molar-refractivity contribution in [2.24, 2.45) is 0 Å². The van der Waals surface area contributed by atoms with Crippen molar-refractivity contribution in [2.75, 3.05) is 13.1 Å². The van der Waals surface area contributed by atoms with Gasteiger partial charge in [-0.25, -0.2) is 0 Å². The molecule has 5 rings (SSSR count). The minimum Gasteiger partial charge on any atom is -0.490 e. The van der Waals surface area contributed by atoms with Crippen LogP contribution < -0.4 is 9.47 Å². The Labute approximate surface area is 231 Å². The first-order valence-corrected chi connectivity index (χ1v) is 13.8. The third-order valence-electron chi connectivity index (χ3n) is 7.14. The molecule has 0 N–H and O–H groups in total. The van der Waals surface area contributed by atoms with Crippen molar-refractivity contribution < 1.29 is 22.6 Å². The SMILES string of the molecule is CCCCn1cc(-c2ccc(OC(F)(F)F)cc2)c2cc(CN3CCC(Oc4cccc(Cl)c4)CC3)ccc21. The fourth-order valence-electron chi connectivity index (χ4n) is 5.20. The molecule has 0 bridgehead atoms.